The lowest BCUT2D eigenvalue weighted by Gasteiger charge is -2.22. The van der Waals surface area contributed by atoms with Crippen LogP contribution in [-0.4, -0.2) is 25.8 Å². The zero-order valence-corrected chi connectivity index (χ0v) is 22.7. The van der Waals surface area contributed by atoms with E-state index in [4.69, 9.17) is 9.72 Å². The van der Waals surface area contributed by atoms with Gasteiger partial charge in [-0.05, 0) is 70.7 Å². The van der Waals surface area contributed by atoms with Gasteiger partial charge >= 0.3 is 0 Å². The first-order valence-corrected chi connectivity index (χ1v) is 13.3. The Balaban J connectivity index is 1.45. The molecular formula is C26H21Br2N5O4. The summed E-state index contributed by atoms with van der Waals surface area (Å²) < 4.78 is 8.62. The van der Waals surface area contributed by atoms with Crippen LogP contribution in [0, 0.1) is 10.1 Å². The van der Waals surface area contributed by atoms with Crippen LogP contribution in [0.2, 0.25) is 0 Å². The minimum absolute atomic E-state index is 0.114. The molecule has 37 heavy (non-hydrogen) atoms. The second kappa shape index (κ2) is 10.9. The third-order valence-corrected chi connectivity index (χ3v) is 7.34. The highest BCUT2D eigenvalue weighted by Gasteiger charge is 2.22. The number of benzene rings is 2. The van der Waals surface area contributed by atoms with Crippen LogP contribution in [0.15, 0.2) is 73.6 Å². The summed E-state index contributed by atoms with van der Waals surface area (Å²) in [5.41, 5.74) is 1.10. The summed E-state index contributed by atoms with van der Waals surface area (Å²) in [5, 5.41) is 15.9. The van der Waals surface area contributed by atoms with Crippen molar-refractivity contribution in [2.24, 2.45) is 5.10 Å². The number of fused-ring (bicyclic) bond motifs is 1. The van der Waals surface area contributed by atoms with E-state index < -0.39 is 4.92 Å². The van der Waals surface area contributed by atoms with Gasteiger partial charge < -0.3 is 4.74 Å². The van der Waals surface area contributed by atoms with Gasteiger partial charge in [-0.3, -0.25) is 14.9 Å². The molecule has 2 heterocycles. The second-order valence-electron chi connectivity index (χ2n) is 8.73. The lowest BCUT2D eigenvalue weighted by molar-refractivity contribution is -0.385. The second-order valence-corrected chi connectivity index (χ2v) is 10.5. The number of aromatic nitrogens is 3. The zero-order chi connectivity index (χ0) is 25.9. The van der Waals surface area contributed by atoms with E-state index in [1.807, 2.05) is 12.1 Å². The van der Waals surface area contributed by atoms with E-state index in [1.54, 1.807) is 30.5 Å². The van der Waals surface area contributed by atoms with Gasteiger partial charge in [-0.15, -0.1) is 0 Å². The van der Waals surface area contributed by atoms with Crippen molar-refractivity contribution in [3.05, 3.63) is 95.5 Å². The van der Waals surface area contributed by atoms with Crippen LogP contribution in [-0.2, 0) is 0 Å². The molecule has 1 saturated carbocycles. The third-order valence-electron chi connectivity index (χ3n) is 6.23. The van der Waals surface area contributed by atoms with Crippen LogP contribution in [0.4, 0.5) is 5.69 Å². The Bertz CT molecular complexity index is 1560. The van der Waals surface area contributed by atoms with Crippen molar-refractivity contribution in [1.29, 1.82) is 0 Å². The number of ether oxygens (including phenoxy) is 1. The van der Waals surface area contributed by atoms with Gasteiger partial charge in [0.1, 0.15) is 17.8 Å². The monoisotopic (exact) mass is 625 g/mol. The number of halogens is 2. The van der Waals surface area contributed by atoms with Crippen molar-refractivity contribution in [2.75, 3.05) is 0 Å². The van der Waals surface area contributed by atoms with Gasteiger partial charge in [-0.1, -0.05) is 35.2 Å². The lowest BCUT2D eigenvalue weighted by atomic mass is 9.88. The molecule has 188 valence electrons. The smallest absolute Gasteiger partial charge is 0.287 e. The highest BCUT2D eigenvalue weighted by Crippen LogP contribution is 2.32. The van der Waals surface area contributed by atoms with Crippen molar-refractivity contribution in [1.82, 2.24) is 14.6 Å². The first-order valence-electron chi connectivity index (χ1n) is 11.7. The van der Waals surface area contributed by atoms with Crippen LogP contribution >= 0.6 is 31.9 Å². The summed E-state index contributed by atoms with van der Waals surface area (Å²) in [4.78, 5) is 32.6. The van der Waals surface area contributed by atoms with Gasteiger partial charge in [0.05, 0.1) is 26.5 Å². The lowest BCUT2D eigenvalue weighted by Crippen LogP contribution is -2.25. The molecule has 0 unspecified atom stereocenters. The summed E-state index contributed by atoms with van der Waals surface area (Å²) in [6.07, 6.45) is 8.15. The normalized spacial score (nSPS) is 14.3. The SMILES string of the molecule is O=c1c2cc(Br)ccc2nc(C2CCCCC2)n1N=Cc1ccc(Oc2ccc([N+](=O)[O-])cn2)c(Br)c1. The molecule has 11 heteroatoms. The minimum atomic E-state index is -0.518. The first-order chi connectivity index (χ1) is 17.9. The fraction of sp³-hybridized carbons (Fsp3) is 0.231. The minimum Gasteiger partial charge on any atom is -0.438 e. The summed E-state index contributed by atoms with van der Waals surface area (Å²) in [7, 11) is 0. The Morgan fingerprint density at radius 1 is 1.08 bits per heavy atom. The molecule has 9 nitrogen and oxygen atoms in total. The Hall–Kier alpha value is -3.44. The number of pyridine rings is 1. The van der Waals surface area contributed by atoms with Gasteiger partial charge in [0.25, 0.3) is 11.2 Å². The molecule has 2 aromatic carbocycles. The van der Waals surface area contributed by atoms with E-state index in [0.29, 0.717) is 26.9 Å². The Kier molecular flexibility index (Phi) is 7.43. The summed E-state index contributed by atoms with van der Waals surface area (Å²) in [6.45, 7) is 0. The maximum Gasteiger partial charge on any atom is 0.287 e. The number of hydrogen-bond acceptors (Lipinski definition) is 7. The van der Waals surface area contributed by atoms with E-state index in [-0.39, 0.29) is 23.0 Å². The molecule has 1 aliphatic carbocycles. The largest absolute Gasteiger partial charge is 0.438 e. The highest BCUT2D eigenvalue weighted by atomic mass is 79.9. The van der Waals surface area contributed by atoms with E-state index in [1.165, 1.54) is 23.2 Å². The van der Waals surface area contributed by atoms with Gasteiger partial charge in [0, 0.05) is 22.5 Å². The molecule has 4 aromatic rings. The standard InChI is InChI=1S/C26H21Br2N5O4/c27-18-7-9-22-20(13-18)26(34)32(25(31-22)17-4-2-1-3-5-17)30-14-16-6-10-23(21(28)12-16)37-24-11-8-19(15-29-24)33(35)36/h6-15,17H,1-5H2. The maximum absolute atomic E-state index is 13.5. The average Bonchev–Trinajstić information content (AvgIpc) is 2.90. The fourth-order valence-corrected chi connectivity index (χ4v) is 5.20. The molecule has 0 atom stereocenters. The molecule has 0 aliphatic heterocycles. The summed E-state index contributed by atoms with van der Waals surface area (Å²) in [5.74, 6) is 1.59. The van der Waals surface area contributed by atoms with Crippen LogP contribution in [0.5, 0.6) is 11.6 Å². The molecule has 1 aliphatic rings. The van der Waals surface area contributed by atoms with Gasteiger partial charge in [0.15, 0.2) is 0 Å². The third kappa shape index (κ3) is 5.62. The molecule has 2 aromatic heterocycles. The van der Waals surface area contributed by atoms with Gasteiger partial charge in [-0.2, -0.15) is 9.78 Å². The van der Waals surface area contributed by atoms with E-state index in [9.17, 15) is 14.9 Å². The Morgan fingerprint density at radius 2 is 1.89 bits per heavy atom. The first kappa shape index (κ1) is 25.2. The van der Waals surface area contributed by atoms with Crippen molar-refractivity contribution >= 4 is 54.7 Å². The van der Waals surface area contributed by atoms with Crippen LogP contribution in [0.25, 0.3) is 10.9 Å². The molecule has 0 spiro atoms. The zero-order valence-electron chi connectivity index (χ0n) is 19.5. The Morgan fingerprint density at radius 3 is 2.59 bits per heavy atom. The molecule has 0 N–H and O–H groups in total. The van der Waals surface area contributed by atoms with Crippen molar-refractivity contribution in [3.8, 4) is 11.6 Å². The van der Waals surface area contributed by atoms with Gasteiger partial charge in [0.2, 0.25) is 5.88 Å². The van der Waals surface area contributed by atoms with Crippen molar-refractivity contribution in [2.45, 2.75) is 38.0 Å². The predicted molar refractivity (Wildman–Crippen MR) is 148 cm³/mol. The highest BCUT2D eigenvalue weighted by molar-refractivity contribution is 9.10. The topological polar surface area (TPSA) is 113 Å². The van der Waals surface area contributed by atoms with Crippen molar-refractivity contribution in [3.63, 3.8) is 0 Å². The summed E-state index contributed by atoms with van der Waals surface area (Å²) >= 11 is 6.94. The fourth-order valence-electron chi connectivity index (χ4n) is 4.36. The van der Waals surface area contributed by atoms with E-state index in [2.05, 4.69) is 41.9 Å². The van der Waals surface area contributed by atoms with Crippen molar-refractivity contribution < 1.29 is 9.66 Å². The molecule has 0 bridgehead atoms. The summed E-state index contributed by atoms with van der Waals surface area (Å²) in [6, 6.07) is 13.6. The molecule has 0 amide bonds. The molecule has 0 radical (unpaired) electrons. The number of nitrogens with zero attached hydrogens (tertiary/aromatic N) is 5. The maximum atomic E-state index is 13.5. The number of rotatable bonds is 6. The molecule has 5 rings (SSSR count). The molecule has 0 saturated heterocycles. The molecular weight excluding hydrogens is 606 g/mol. The van der Waals surface area contributed by atoms with Crippen LogP contribution in [0.3, 0.4) is 0 Å². The van der Waals surface area contributed by atoms with E-state index >= 15 is 0 Å². The average molecular weight is 627 g/mol. The molecule has 1 fully saturated rings. The van der Waals surface area contributed by atoms with Gasteiger partial charge in [-0.25, -0.2) is 9.97 Å². The van der Waals surface area contributed by atoms with Crippen LogP contribution in [0.1, 0.15) is 49.4 Å². The van der Waals surface area contributed by atoms with E-state index in [0.717, 1.165) is 41.9 Å². The predicted octanol–water partition coefficient (Wildman–Crippen LogP) is 6.95. The number of nitro groups is 1. The quantitative estimate of drug-likeness (QED) is 0.130. The Labute approximate surface area is 228 Å². The van der Waals surface area contributed by atoms with Crippen LogP contribution < -0.4 is 10.3 Å². The number of hydrogen-bond donors (Lipinski definition) is 0.